The van der Waals surface area contributed by atoms with Crippen LogP contribution in [0.4, 0.5) is 18.9 Å². The second-order valence-electron chi connectivity index (χ2n) is 9.14. The molecule has 3 saturated heterocycles. The van der Waals surface area contributed by atoms with Crippen molar-refractivity contribution in [3.63, 3.8) is 0 Å². The minimum atomic E-state index is -4.50. The van der Waals surface area contributed by atoms with Gasteiger partial charge in [-0.3, -0.25) is 9.78 Å². The van der Waals surface area contributed by atoms with Gasteiger partial charge < -0.3 is 25.0 Å². The predicted molar refractivity (Wildman–Crippen MR) is 116 cm³/mol. The third kappa shape index (κ3) is 4.64. The maximum absolute atomic E-state index is 13.5. The van der Waals surface area contributed by atoms with Crippen LogP contribution >= 0.6 is 0 Å². The van der Waals surface area contributed by atoms with E-state index in [9.17, 15) is 18.0 Å². The van der Waals surface area contributed by atoms with Crippen molar-refractivity contribution < 1.29 is 27.4 Å². The van der Waals surface area contributed by atoms with Crippen molar-refractivity contribution in [2.24, 2.45) is 0 Å². The standard InChI is InChI=1S/C23H27F3N4O3/c1-13-9-30(19-5-4-18(23(24,25)26)21-17(19)3-2-6-27-21)10-20(33-13)22(31)29-14-7-15-11-32-12-16(8-14)28-15/h2-6,13-16,20,28H,7-12H2,1H3,(H,29,31)/t13-,14?,15?,16?,20-/m1/s1. The number of benzene rings is 1. The SMILES string of the molecule is C[C@@H]1CN(c2ccc(C(F)(F)F)c3ncccc23)C[C@H](C(=O)NC2CC3COCC(C2)N3)O1. The van der Waals surface area contributed by atoms with Crippen LogP contribution in [0, 0.1) is 0 Å². The van der Waals surface area contributed by atoms with Gasteiger partial charge in [0.1, 0.15) is 0 Å². The number of carbonyl (C=O) groups excluding carboxylic acids is 1. The Morgan fingerprint density at radius 1 is 1.18 bits per heavy atom. The Balaban J connectivity index is 1.35. The molecule has 0 spiro atoms. The van der Waals surface area contributed by atoms with Crippen LogP contribution in [0.25, 0.3) is 10.9 Å². The molecule has 178 valence electrons. The second-order valence-corrected chi connectivity index (χ2v) is 9.14. The number of pyridine rings is 1. The number of alkyl halides is 3. The number of fused-ring (bicyclic) bond motifs is 3. The van der Waals surface area contributed by atoms with Gasteiger partial charge in [-0.2, -0.15) is 13.2 Å². The molecule has 7 nitrogen and oxygen atoms in total. The summed E-state index contributed by atoms with van der Waals surface area (Å²) in [6.07, 6.45) is -2.52. The van der Waals surface area contributed by atoms with Gasteiger partial charge in [0.05, 0.1) is 36.9 Å². The maximum Gasteiger partial charge on any atom is 0.418 e. The van der Waals surface area contributed by atoms with Gasteiger partial charge in [0.2, 0.25) is 0 Å². The summed E-state index contributed by atoms with van der Waals surface area (Å²) in [5.41, 5.74) is -0.239. The molecular formula is C23H27F3N4O3. The Bertz CT molecular complexity index is 1020. The van der Waals surface area contributed by atoms with Crippen molar-refractivity contribution in [2.45, 2.75) is 56.3 Å². The average Bonchev–Trinajstić information content (AvgIpc) is 2.77. The monoisotopic (exact) mass is 464 g/mol. The van der Waals surface area contributed by atoms with E-state index in [2.05, 4.69) is 15.6 Å². The molecule has 3 aliphatic heterocycles. The van der Waals surface area contributed by atoms with E-state index in [0.29, 0.717) is 30.8 Å². The van der Waals surface area contributed by atoms with Crippen molar-refractivity contribution in [3.05, 3.63) is 36.0 Å². The van der Waals surface area contributed by atoms with E-state index in [4.69, 9.17) is 9.47 Å². The largest absolute Gasteiger partial charge is 0.418 e. The molecule has 4 heterocycles. The number of hydrogen-bond donors (Lipinski definition) is 2. The van der Waals surface area contributed by atoms with Crippen molar-refractivity contribution >= 4 is 22.5 Å². The number of piperidine rings is 1. The number of carbonyl (C=O) groups is 1. The number of anilines is 1. The summed E-state index contributed by atoms with van der Waals surface area (Å²) in [5.74, 6) is -0.188. The van der Waals surface area contributed by atoms with Crippen LogP contribution in [0.15, 0.2) is 30.5 Å². The molecule has 0 aliphatic carbocycles. The lowest BCUT2D eigenvalue weighted by atomic mass is 9.92. The minimum absolute atomic E-state index is 0.0445. The smallest absolute Gasteiger partial charge is 0.378 e. The molecule has 3 fully saturated rings. The van der Waals surface area contributed by atoms with Crippen LogP contribution in [0.5, 0.6) is 0 Å². The number of hydrogen-bond acceptors (Lipinski definition) is 6. The van der Waals surface area contributed by atoms with Gasteiger partial charge in [0.15, 0.2) is 6.10 Å². The van der Waals surface area contributed by atoms with Crippen LogP contribution < -0.4 is 15.5 Å². The van der Waals surface area contributed by atoms with Crippen LogP contribution in [-0.2, 0) is 20.4 Å². The Kier molecular flexibility index (Phi) is 5.92. The Morgan fingerprint density at radius 3 is 2.67 bits per heavy atom. The fourth-order valence-electron chi connectivity index (χ4n) is 5.20. The zero-order valence-corrected chi connectivity index (χ0v) is 18.3. The molecule has 2 N–H and O–H groups in total. The number of rotatable bonds is 3. The van der Waals surface area contributed by atoms with Crippen molar-refractivity contribution in [1.82, 2.24) is 15.6 Å². The molecule has 1 aromatic carbocycles. The highest BCUT2D eigenvalue weighted by molar-refractivity contribution is 5.94. The van der Waals surface area contributed by atoms with Crippen molar-refractivity contribution in [2.75, 3.05) is 31.2 Å². The molecule has 4 atom stereocenters. The summed E-state index contributed by atoms with van der Waals surface area (Å²) in [6, 6.07) is 6.30. The molecular weight excluding hydrogens is 437 g/mol. The first-order valence-corrected chi connectivity index (χ1v) is 11.3. The molecule has 10 heteroatoms. The Morgan fingerprint density at radius 2 is 1.94 bits per heavy atom. The quantitative estimate of drug-likeness (QED) is 0.727. The maximum atomic E-state index is 13.5. The first-order chi connectivity index (χ1) is 15.8. The lowest BCUT2D eigenvalue weighted by molar-refractivity contribution is -0.138. The highest BCUT2D eigenvalue weighted by atomic mass is 19.4. The number of morpholine rings is 2. The molecule has 1 aromatic heterocycles. The topological polar surface area (TPSA) is 75.7 Å². The molecule has 2 unspecified atom stereocenters. The van der Waals surface area contributed by atoms with Crippen molar-refractivity contribution in [1.29, 1.82) is 0 Å². The normalized spacial score (nSPS) is 30.3. The van der Waals surface area contributed by atoms with E-state index in [0.717, 1.165) is 18.9 Å². The highest BCUT2D eigenvalue weighted by Crippen LogP contribution is 2.38. The van der Waals surface area contributed by atoms with Gasteiger partial charge >= 0.3 is 6.18 Å². The lowest BCUT2D eigenvalue weighted by Gasteiger charge is -2.42. The van der Waals surface area contributed by atoms with Gasteiger partial charge in [-0.25, -0.2) is 0 Å². The summed E-state index contributed by atoms with van der Waals surface area (Å²) < 4.78 is 52.0. The summed E-state index contributed by atoms with van der Waals surface area (Å²) in [7, 11) is 0. The fraction of sp³-hybridized carbons (Fsp3) is 0.565. The van der Waals surface area contributed by atoms with Gasteiger partial charge in [0, 0.05) is 41.9 Å². The molecule has 2 aromatic rings. The summed E-state index contributed by atoms with van der Waals surface area (Å²) in [6.45, 7) is 3.87. The zero-order chi connectivity index (χ0) is 23.2. The molecule has 1 amide bonds. The molecule has 33 heavy (non-hydrogen) atoms. The number of amides is 1. The third-order valence-corrected chi connectivity index (χ3v) is 6.54. The highest BCUT2D eigenvalue weighted by Gasteiger charge is 2.37. The number of halogens is 3. The number of nitrogens with zero attached hydrogens (tertiary/aromatic N) is 2. The van der Waals surface area contributed by atoms with E-state index in [1.165, 1.54) is 12.3 Å². The molecule has 5 rings (SSSR count). The molecule has 0 saturated carbocycles. The molecule has 0 radical (unpaired) electrons. The fourth-order valence-corrected chi connectivity index (χ4v) is 5.20. The summed E-state index contributed by atoms with van der Waals surface area (Å²) in [4.78, 5) is 19.0. The van der Waals surface area contributed by atoms with E-state index in [1.54, 1.807) is 12.1 Å². The first-order valence-electron chi connectivity index (χ1n) is 11.3. The molecule has 3 aliphatic rings. The van der Waals surface area contributed by atoms with E-state index in [1.807, 2.05) is 11.8 Å². The Hall–Kier alpha value is -2.43. The van der Waals surface area contributed by atoms with E-state index in [-0.39, 0.29) is 42.2 Å². The number of aromatic nitrogens is 1. The van der Waals surface area contributed by atoms with Gasteiger partial charge in [-0.1, -0.05) is 0 Å². The number of ether oxygens (including phenoxy) is 2. The lowest BCUT2D eigenvalue weighted by Crippen LogP contribution is -2.60. The minimum Gasteiger partial charge on any atom is -0.378 e. The van der Waals surface area contributed by atoms with Crippen LogP contribution in [0.3, 0.4) is 0 Å². The van der Waals surface area contributed by atoms with E-state index < -0.39 is 17.8 Å². The van der Waals surface area contributed by atoms with Gasteiger partial charge in [0.25, 0.3) is 5.91 Å². The third-order valence-electron chi connectivity index (χ3n) is 6.54. The van der Waals surface area contributed by atoms with Crippen LogP contribution in [-0.4, -0.2) is 67.5 Å². The zero-order valence-electron chi connectivity index (χ0n) is 18.3. The summed E-state index contributed by atoms with van der Waals surface area (Å²) >= 11 is 0. The van der Waals surface area contributed by atoms with Crippen LogP contribution in [0.1, 0.15) is 25.3 Å². The van der Waals surface area contributed by atoms with Crippen LogP contribution in [0.2, 0.25) is 0 Å². The van der Waals surface area contributed by atoms with Gasteiger partial charge in [-0.15, -0.1) is 0 Å². The first kappa shape index (κ1) is 22.4. The average molecular weight is 464 g/mol. The number of nitrogens with one attached hydrogen (secondary N) is 2. The summed E-state index contributed by atoms with van der Waals surface area (Å²) in [5, 5.41) is 7.04. The van der Waals surface area contributed by atoms with Gasteiger partial charge in [-0.05, 0) is 44.0 Å². The Labute approximate surface area is 189 Å². The predicted octanol–water partition coefficient (Wildman–Crippen LogP) is 2.48. The molecule has 2 bridgehead atoms. The van der Waals surface area contributed by atoms with Crippen molar-refractivity contribution in [3.8, 4) is 0 Å². The second kappa shape index (κ2) is 8.73. The van der Waals surface area contributed by atoms with E-state index >= 15 is 0 Å².